The molecule has 0 bridgehead atoms. The van der Waals surface area contributed by atoms with E-state index in [-0.39, 0.29) is 17.3 Å². The lowest BCUT2D eigenvalue weighted by Gasteiger charge is -2.08. The summed E-state index contributed by atoms with van der Waals surface area (Å²) in [4.78, 5) is 39.9. The smallest absolute Gasteiger partial charge is 0.136 e. The Kier molecular flexibility index (Phi) is 6.47. The van der Waals surface area contributed by atoms with Crippen molar-refractivity contribution in [2.24, 2.45) is 0 Å². The van der Waals surface area contributed by atoms with Crippen molar-refractivity contribution in [1.82, 2.24) is 15.0 Å². The number of aromatic amines is 3. The molecule has 0 amide bonds. The van der Waals surface area contributed by atoms with Crippen molar-refractivity contribution < 1.29 is 18.8 Å². The molecule has 7 nitrogen and oxygen atoms in total. The van der Waals surface area contributed by atoms with Gasteiger partial charge in [-0.3, -0.25) is 0 Å². The summed E-state index contributed by atoms with van der Waals surface area (Å²) in [6.07, 6.45) is 0. The quantitative estimate of drug-likeness (QED) is 0.155. The Bertz CT molecular complexity index is 2800. The third-order valence-corrected chi connectivity index (χ3v) is 8.75. The zero-order valence-corrected chi connectivity index (χ0v) is 27.6. The predicted molar refractivity (Wildman–Crippen MR) is 199 cm³/mol. The first-order chi connectivity index (χ1) is 23.1. The number of hydrogen-bond acceptors (Lipinski definition) is 4. The van der Waals surface area contributed by atoms with Crippen molar-refractivity contribution in [1.29, 1.82) is 0 Å². The standard InChI is InChI=1S/C32H15N3O.3C3H6O/c1-3-7-15-13(5-1)29-25-21-17(33-29)9-11-19-23(21)24-20(36-19)12-10-18-22(24)26-28-27(25)31(15)35-32(28)16-8-4-2-6-14(16)30(26)34-18;3*1-3(2)4/h1-12,33-35H;3*1-2H3. The number of carbonyl (C=O) groups is 3. The number of ketones is 3. The molecule has 0 aliphatic rings. The molecule has 0 fully saturated rings. The van der Waals surface area contributed by atoms with E-state index in [1.807, 2.05) is 0 Å². The molecule has 7 aromatic carbocycles. The van der Waals surface area contributed by atoms with E-state index in [1.165, 1.54) is 128 Å². The second-order valence-corrected chi connectivity index (χ2v) is 13.0. The van der Waals surface area contributed by atoms with Crippen LogP contribution in [0.4, 0.5) is 0 Å². The summed E-state index contributed by atoms with van der Waals surface area (Å²) in [6.45, 7) is 9.17. The van der Waals surface area contributed by atoms with Gasteiger partial charge in [0.2, 0.25) is 0 Å². The number of carbonyl (C=O) groups excluding carboxylic acids is 3. The van der Waals surface area contributed by atoms with E-state index in [1.54, 1.807) is 0 Å². The van der Waals surface area contributed by atoms with Gasteiger partial charge in [-0.15, -0.1) is 0 Å². The Labute approximate surface area is 273 Å². The maximum atomic E-state index is 9.44. The number of H-pyrrole nitrogens is 3. The van der Waals surface area contributed by atoms with Crippen molar-refractivity contribution in [3.05, 3.63) is 72.8 Å². The summed E-state index contributed by atoms with van der Waals surface area (Å²) >= 11 is 0. The molecular formula is C41H33N3O4. The number of rotatable bonds is 0. The molecule has 0 saturated heterocycles. The molecule has 236 valence electrons. The lowest BCUT2D eigenvalue weighted by Crippen LogP contribution is -1.82. The van der Waals surface area contributed by atoms with Crippen molar-refractivity contribution >= 4 is 126 Å². The highest BCUT2D eigenvalue weighted by atomic mass is 16.3. The first-order valence-electron chi connectivity index (χ1n) is 16.0. The largest absolute Gasteiger partial charge is 0.456 e. The maximum Gasteiger partial charge on any atom is 0.136 e. The first-order valence-corrected chi connectivity index (χ1v) is 16.0. The van der Waals surface area contributed by atoms with Crippen molar-refractivity contribution in [3.63, 3.8) is 0 Å². The summed E-state index contributed by atoms with van der Waals surface area (Å²) in [7, 11) is 0. The highest BCUT2D eigenvalue weighted by Gasteiger charge is 2.28. The maximum absolute atomic E-state index is 9.44. The number of aromatic nitrogens is 3. The Morgan fingerprint density at radius 3 is 1.02 bits per heavy atom. The number of furan rings is 1. The number of hydrogen-bond donors (Lipinski definition) is 3. The minimum atomic E-state index is 0.167. The van der Waals surface area contributed by atoms with Crippen LogP contribution in [0.5, 0.6) is 0 Å². The van der Waals surface area contributed by atoms with Gasteiger partial charge < -0.3 is 33.8 Å². The zero-order chi connectivity index (χ0) is 33.6. The Morgan fingerprint density at radius 2 is 0.688 bits per heavy atom. The Morgan fingerprint density at radius 1 is 0.396 bits per heavy atom. The molecule has 0 aliphatic heterocycles. The highest BCUT2D eigenvalue weighted by molar-refractivity contribution is 6.50. The van der Waals surface area contributed by atoms with E-state index in [2.05, 4.69) is 87.7 Å². The van der Waals surface area contributed by atoms with Crippen molar-refractivity contribution in [2.45, 2.75) is 41.5 Å². The van der Waals surface area contributed by atoms with Crippen LogP contribution in [-0.4, -0.2) is 32.3 Å². The molecule has 7 heteroatoms. The molecule has 0 spiro atoms. The molecule has 4 heterocycles. The topological polar surface area (TPSA) is 112 Å². The van der Waals surface area contributed by atoms with E-state index >= 15 is 0 Å². The normalized spacial score (nSPS) is 11.8. The molecule has 48 heavy (non-hydrogen) atoms. The van der Waals surface area contributed by atoms with Gasteiger partial charge in [0.05, 0.1) is 22.1 Å². The van der Waals surface area contributed by atoms with Crippen LogP contribution in [0.1, 0.15) is 41.5 Å². The molecule has 11 rings (SSSR count). The summed E-state index contributed by atoms with van der Waals surface area (Å²) in [6, 6.07) is 26.1. The SMILES string of the molecule is CC(C)=O.CC(C)=O.CC(C)=O.c1ccc2c(c1)c1[nH]c3ccc4oc5ccc6[nH]c7c8ccccc8c8[nH]c2c2c1c3c4c5c6c7c82. The van der Waals surface area contributed by atoms with Gasteiger partial charge in [-0.1, -0.05) is 48.5 Å². The third-order valence-electron chi connectivity index (χ3n) is 8.75. The third kappa shape index (κ3) is 4.10. The number of fused-ring (bicyclic) bond motifs is 6. The molecule has 0 radical (unpaired) electrons. The number of benzene rings is 6. The van der Waals surface area contributed by atoms with Gasteiger partial charge in [-0.05, 0) is 65.8 Å². The summed E-state index contributed by atoms with van der Waals surface area (Å²) in [5.41, 5.74) is 9.00. The second kappa shape index (κ2) is 10.5. The highest BCUT2D eigenvalue weighted by Crippen LogP contribution is 2.53. The van der Waals surface area contributed by atoms with Gasteiger partial charge in [0.15, 0.2) is 0 Å². The van der Waals surface area contributed by atoms with Gasteiger partial charge in [0.25, 0.3) is 0 Å². The fraction of sp³-hybridized carbons (Fsp3) is 0.146. The van der Waals surface area contributed by atoms with Crippen LogP contribution in [0, 0.1) is 0 Å². The summed E-state index contributed by atoms with van der Waals surface area (Å²) in [5, 5.41) is 15.1. The summed E-state index contributed by atoms with van der Waals surface area (Å²) in [5.74, 6) is 0.500. The van der Waals surface area contributed by atoms with Crippen LogP contribution >= 0.6 is 0 Å². The fourth-order valence-corrected chi connectivity index (χ4v) is 7.47. The molecular weight excluding hydrogens is 598 g/mol. The van der Waals surface area contributed by atoms with Gasteiger partial charge in [-0.25, -0.2) is 0 Å². The van der Waals surface area contributed by atoms with Gasteiger partial charge in [0.1, 0.15) is 28.5 Å². The zero-order valence-electron chi connectivity index (χ0n) is 27.6. The van der Waals surface area contributed by atoms with Gasteiger partial charge >= 0.3 is 0 Å². The average molecular weight is 632 g/mol. The van der Waals surface area contributed by atoms with Crippen LogP contribution in [0.25, 0.3) is 109 Å². The van der Waals surface area contributed by atoms with Crippen LogP contribution in [0.3, 0.4) is 0 Å². The van der Waals surface area contributed by atoms with Crippen LogP contribution < -0.4 is 0 Å². The Hall–Kier alpha value is -5.95. The van der Waals surface area contributed by atoms with E-state index < -0.39 is 0 Å². The van der Waals surface area contributed by atoms with E-state index in [0.717, 1.165) is 22.2 Å². The van der Waals surface area contributed by atoms with E-state index in [9.17, 15) is 14.4 Å². The molecule has 4 aromatic heterocycles. The second-order valence-electron chi connectivity index (χ2n) is 13.0. The van der Waals surface area contributed by atoms with Crippen molar-refractivity contribution in [3.8, 4) is 0 Å². The minimum Gasteiger partial charge on any atom is -0.456 e. The minimum absolute atomic E-state index is 0.167. The molecule has 11 aromatic rings. The van der Waals surface area contributed by atoms with Crippen molar-refractivity contribution in [2.75, 3.05) is 0 Å². The number of Topliss-reactive ketones (excluding diaryl/α,β-unsaturated/α-hetero) is 3. The fourth-order valence-electron chi connectivity index (χ4n) is 7.47. The number of nitrogens with one attached hydrogen (secondary N) is 3. The van der Waals surface area contributed by atoms with Crippen LogP contribution in [0.2, 0.25) is 0 Å². The van der Waals surface area contributed by atoms with Gasteiger partial charge in [-0.2, -0.15) is 0 Å². The Balaban J connectivity index is 0.000000247. The lowest BCUT2D eigenvalue weighted by molar-refractivity contribution is -0.115. The van der Waals surface area contributed by atoms with Crippen LogP contribution in [-0.2, 0) is 14.4 Å². The monoisotopic (exact) mass is 631 g/mol. The molecule has 0 unspecified atom stereocenters. The first kappa shape index (κ1) is 29.5. The van der Waals surface area contributed by atoms with E-state index in [0.29, 0.717) is 0 Å². The average Bonchev–Trinajstić information content (AvgIpc) is 3.78. The molecule has 0 saturated carbocycles. The lowest BCUT2D eigenvalue weighted by atomic mass is 9.91. The van der Waals surface area contributed by atoms with Gasteiger partial charge in [0, 0.05) is 75.7 Å². The molecule has 0 aliphatic carbocycles. The molecule has 0 atom stereocenters. The van der Waals surface area contributed by atoms with E-state index in [4.69, 9.17) is 4.42 Å². The van der Waals surface area contributed by atoms with Crippen LogP contribution in [0.15, 0.2) is 77.2 Å². The molecule has 3 N–H and O–H groups in total. The predicted octanol–water partition coefficient (Wildman–Crippen LogP) is 10.9. The summed E-state index contributed by atoms with van der Waals surface area (Å²) < 4.78 is 6.50.